The van der Waals surface area contributed by atoms with E-state index < -0.39 is 10.0 Å². The summed E-state index contributed by atoms with van der Waals surface area (Å²) < 4.78 is 30.9. The summed E-state index contributed by atoms with van der Waals surface area (Å²) in [6.07, 6.45) is 0.972. The normalized spacial score (nSPS) is 17.0. The molecule has 1 aliphatic rings. The van der Waals surface area contributed by atoms with Gasteiger partial charge in [0.2, 0.25) is 10.0 Å². The quantitative estimate of drug-likeness (QED) is 0.758. The molecule has 0 spiro atoms. The van der Waals surface area contributed by atoms with Crippen molar-refractivity contribution in [2.24, 2.45) is 0 Å². The Hall–Kier alpha value is -1.64. The van der Waals surface area contributed by atoms with Crippen molar-refractivity contribution >= 4 is 16.1 Å². The number of rotatable bonds is 7. The summed E-state index contributed by atoms with van der Waals surface area (Å²) in [5.41, 5.74) is 2.25. The molecule has 2 N–H and O–H groups in total. The van der Waals surface area contributed by atoms with Crippen molar-refractivity contribution < 1.29 is 17.9 Å². The van der Waals surface area contributed by atoms with Crippen LogP contribution in [0, 0.1) is 0 Å². The summed E-state index contributed by atoms with van der Waals surface area (Å²) in [5.74, 6) is -0.111. The third-order valence-electron chi connectivity index (χ3n) is 4.24. The van der Waals surface area contributed by atoms with E-state index in [0.717, 1.165) is 12.0 Å². The molecule has 1 heterocycles. The van der Waals surface area contributed by atoms with Gasteiger partial charge in [-0.1, -0.05) is 31.2 Å². The second-order valence-corrected chi connectivity index (χ2v) is 8.13. The van der Waals surface area contributed by atoms with Crippen LogP contribution in [0.1, 0.15) is 31.0 Å². The number of carbonyl (C=O) groups is 1. The zero-order valence-electron chi connectivity index (χ0n) is 14.8. The molecule has 8 heteroatoms. The molecule has 0 radical (unpaired) electrons. The van der Waals surface area contributed by atoms with Gasteiger partial charge in [0.25, 0.3) is 0 Å². The first-order valence-electron chi connectivity index (χ1n) is 8.61. The molecule has 25 heavy (non-hydrogen) atoms. The third kappa shape index (κ3) is 5.98. The highest BCUT2D eigenvalue weighted by atomic mass is 32.2. The Morgan fingerprint density at radius 2 is 1.88 bits per heavy atom. The predicted molar refractivity (Wildman–Crippen MR) is 96.9 cm³/mol. The number of morpholine rings is 1. The lowest BCUT2D eigenvalue weighted by molar-refractivity contribution is 0.0730. The van der Waals surface area contributed by atoms with Gasteiger partial charge in [0.15, 0.2) is 0 Å². The van der Waals surface area contributed by atoms with E-state index in [9.17, 15) is 13.2 Å². The second kappa shape index (κ2) is 9.17. The standard InChI is InChI=1S/C17H27N3O4S/c1-3-15-4-6-16(7-5-15)14(2)19-17(21)18-8-13-25(22,23)20-9-11-24-12-10-20/h4-7,14H,3,8-13H2,1-2H3,(H2,18,19,21)/t14-/m1/s1. The van der Waals surface area contributed by atoms with Crippen LogP contribution in [0.3, 0.4) is 0 Å². The highest BCUT2D eigenvalue weighted by Crippen LogP contribution is 2.13. The molecule has 1 aromatic carbocycles. The number of urea groups is 1. The minimum Gasteiger partial charge on any atom is -0.379 e. The molecule has 2 amide bonds. The largest absolute Gasteiger partial charge is 0.379 e. The van der Waals surface area contributed by atoms with Gasteiger partial charge in [-0.2, -0.15) is 4.31 Å². The molecule has 0 saturated carbocycles. The van der Waals surface area contributed by atoms with Crippen LogP contribution in [0.25, 0.3) is 0 Å². The third-order valence-corrected chi connectivity index (χ3v) is 6.12. The van der Waals surface area contributed by atoms with E-state index >= 15 is 0 Å². The Balaban J connectivity index is 1.75. The first-order valence-corrected chi connectivity index (χ1v) is 10.2. The smallest absolute Gasteiger partial charge is 0.315 e. The van der Waals surface area contributed by atoms with Crippen molar-refractivity contribution in [3.63, 3.8) is 0 Å². The van der Waals surface area contributed by atoms with E-state index in [4.69, 9.17) is 4.74 Å². The predicted octanol–water partition coefficient (Wildman–Crippen LogP) is 1.27. The molecule has 1 aliphatic heterocycles. The average molecular weight is 369 g/mol. The number of hydrogen-bond donors (Lipinski definition) is 2. The van der Waals surface area contributed by atoms with Crippen molar-refractivity contribution in [1.29, 1.82) is 0 Å². The Morgan fingerprint density at radius 3 is 2.48 bits per heavy atom. The molecular weight excluding hydrogens is 342 g/mol. The topological polar surface area (TPSA) is 87.7 Å². The average Bonchev–Trinajstić information content (AvgIpc) is 2.62. The van der Waals surface area contributed by atoms with Crippen molar-refractivity contribution in [2.45, 2.75) is 26.3 Å². The monoisotopic (exact) mass is 369 g/mol. The van der Waals surface area contributed by atoms with E-state index in [1.165, 1.54) is 9.87 Å². The van der Waals surface area contributed by atoms with Gasteiger partial charge in [-0.05, 0) is 24.5 Å². The van der Waals surface area contributed by atoms with Gasteiger partial charge >= 0.3 is 6.03 Å². The Morgan fingerprint density at radius 1 is 1.24 bits per heavy atom. The maximum atomic E-state index is 12.2. The molecule has 0 aromatic heterocycles. The van der Waals surface area contributed by atoms with Gasteiger partial charge in [-0.3, -0.25) is 0 Å². The number of hydrogen-bond acceptors (Lipinski definition) is 4. The summed E-state index contributed by atoms with van der Waals surface area (Å²) in [7, 11) is -3.36. The van der Waals surface area contributed by atoms with Crippen molar-refractivity contribution in [2.75, 3.05) is 38.6 Å². The van der Waals surface area contributed by atoms with Crippen LogP contribution in [-0.4, -0.2) is 57.4 Å². The first-order chi connectivity index (χ1) is 11.9. The highest BCUT2D eigenvalue weighted by Gasteiger charge is 2.24. The van der Waals surface area contributed by atoms with Crippen LogP contribution in [0.15, 0.2) is 24.3 Å². The molecule has 1 atom stereocenters. The highest BCUT2D eigenvalue weighted by molar-refractivity contribution is 7.89. The molecule has 0 unspecified atom stereocenters. The minimum atomic E-state index is -3.36. The zero-order chi connectivity index (χ0) is 18.3. The van der Waals surface area contributed by atoms with Crippen molar-refractivity contribution in [1.82, 2.24) is 14.9 Å². The Kier molecular flexibility index (Phi) is 7.22. The van der Waals surface area contributed by atoms with Crippen LogP contribution in [-0.2, 0) is 21.2 Å². The lowest BCUT2D eigenvalue weighted by Crippen LogP contribution is -2.45. The van der Waals surface area contributed by atoms with Crippen molar-refractivity contribution in [3.8, 4) is 0 Å². The van der Waals surface area contributed by atoms with Gasteiger partial charge in [0.05, 0.1) is 25.0 Å². The van der Waals surface area contributed by atoms with Crippen LogP contribution in [0.5, 0.6) is 0 Å². The van der Waals surface area contributed by atoms with Gasteiger partial charge in [-0.15, -0.1) is 0 Å². The second-order valence-electron chi connectivity index (χ2n) is 6.04. The van der Waals surface area contributed by atoms with Gasteiger partial charge in [-0.25, -0.2) is 13.2 Å². The Bertz CT molecular complexity index is 655. The number of nitrogens with one attached hydrogen (secondary N) is 2. The van der Waals surface area contributed by atoms with Crippen molar-refractivity contribution in [3.05, 3.63) is 35.4 Å². The van der Waals surface area contributed by atoms with Gasteiger partial charge < -0.3 is 15.4 Å². The van der Waals surface area contributed by atoms with Crippen LogP contribution in [0.2, 0.25) is 0 Å². The van der Waals surface area contributed by atoms with Crippen LogP contribution >= 0.6 is 0 Å². The number of ether oxygens (including phenoxy) is 1. The Labute approximate surface area is 149 Å². The zero-order valence-corrected chi connectivity index (χ0v) is 15.6. The van der Waals surface area contributed by atoms with E-state index in [-0.39, 0.29) is 24.4 Å². The fourth-order valence-electron chi connectivity index (χ4n) is 2.62. The van der Waals surface area contributed by atoms with E-state index in [0.29, 0.717) is 26.3 Å². The maximum Gasteiger partial charge on any atom is 0.315 e. The summed E-state index contributed by atoms with van der Waals surface area (Å²) in [4.78, 5) is 12.0. The molecule has 1 saturated heterocycles. The summed E-state index contributed by atoms with van der Waals surface area (Å²) in [6, 6.07) is 7.55. The van der Waals surface area contributed by atoms with E-state index in [2.05, 4.69) is 17.6 Å². The maximum absolute atomic E-state index is 12.2. The molecule has 1 fully saturated rings. The summed E-state index contributed by atoms with van der Waals surface area (Å²) >= 11 is 0. The number of amides is 2. The molecule has 0 bridgehead atoms. The minimum absolute atomic E-state index is 0.0764. The first kappa shape index (κ1) is 19.7. The lowest BCUT2D eigenvalue weighted by Gasteiger charge is -2.26. The number of nitrogens with zero attached hydrogens (tertiary/aromatic N) is 1. The fourth-order valence-corrected chi connectivity index (χ4v) is 3.94. The molecular formula is C17H27N3O4S. The number of carbonyl (C=O) groups excluding carboxylic acids is 1. The van der Waals surface area contributed by atoms with Crippen LogP contribution < -0.4 is 10.6 Å². The molecule has 140 valence electrons. The number of aryl methyl sites for hydroxylation is 1. The van der Waals surface area contributed by atoms with E-state index in [1.807, 2.05) is 31.2 Å². The number of benzene rings is 1. The molecule has 0 aliphatic carbocycles. The molecule has 1 aromatic rings. The van der Waals surface area contributed by atoms with Gasteiger partial charge in [0, 0.05) is 19.6 Å². The van der Waals surface area contributed by atoms with Gasteiger partial charge in [0.1, 0.15) is 0 Å². The number of sulfonamides is 1. The fraction of sp³-hybridized carbons (Fsp3) is 0.588. The molecule has 2 rings (SSSR count). The SMILES string of the molecule is CCc1ccc([C@@H](C)NC(=O)NCCS(=O)(=O)N2CCOCC2)cc1. The van der Waals surface area contributed by atoms with E-state index in [1.54, 1.807) is 0 Å². The summed E-state index contributed by atoms with van der Waals surface area (Å²) in [5, 5.41) is 5.43. The molecule has 7 nitrogen and oxygen atoms in total. The summed E-state index contributed by atoms with van der Waals surface area (Å²) in [6.45, 7) is 5.65. The van der Waals surface area contributed by atoms with Crippen LogP contribution in [0.4, 0.5) is 4.79 Å². The lowest BCUT2D eigenvalue weighted by atomic mass is 10.1.